The molecular formula is C25H25N7O5S. The monoisotopic (exact) mass is 535 g/mol. The summed E-state index contributed by atoms with van der Waals surface area (Å²) < 4.78 is 43.8. The second-order valence-electron chi connectivity index (χ2n) is 8.36. The number of hydrogen-bond acceptors (Lipinski definition) is 9. The molecule has 12 nitrogen and oxygen atoms in total. The number of aliphatic hydroxyl groups is 1. The van der Waals surface area contributed by atoms with Crippen LogP contribution in [0.15, 0.2) is 73.3 Å². The van der Waals surface area contributed by atoms with Crippen LogP contribution < -0.4 is 14.2 Å². The summed E-state index contributed by atoms with van der Waals surface area (Å²) in [5.74, 6) is 0.966. The van der Waals surface area contributed by atoms with Gasteiger partial charge in [-0.3, -0.25) is 14.3 Å². The lowest BCUT2D eigenvalue weighted by Crippen LogP contribution is -2.32. The fraction of sp³-hybridized carbons (Fsp3) is 0.200. The van der Waals surface area contributed by atoms with Crippen LogP contribution in [0.3, 0.4) is 0 Å². The van der Waals surface area contributed by atoms with Crippen molar-refractivity contribution in [1.29, 1.82) is 0 Å². The van der Waals surface area contributed by atoms with E-state index >= 15 is 0 Å². The van der Waals surface area contributed by atoms with Crippen molar-refractivity contribution >= 4 is 21.6 Å². The highest BCUT2D eigenvalue weighted by Crippen LogP contribution is 2.38. The highest BCUT2D eigenvalue weighted by atomic mass is 32.2. The van der Waals surface area contributed by atoms with Crippen LogP contribution in [0.4, 0.5) is 5.95 Å². The van der Waals surface area contributed by atoms with Crippen molar-refractivity contribution < 1.29 is 23.0 Å². The topological polar surface area (TPSA) is 146 Å². The number of para-hydroxylation sites is 1. The summed E-state index contributed by atoms with van der Waals surface area (Å²) in [5, 5.41) is 18.0. The Morgan fingerprint density at radius 1 is 1.00 bits per heavy atom. The Balaban J connectivity index is 1.58. The number of anilines is 1. The quantitative estimate of drug-likeness (QED) is 0.291. The van der Waals surface area contributed by atoms with Gasteiger partial charge in [-0.15, -0.1) is 10.2 Å². The molecular weight excluding hydrogens is 510 g/mol. The van der Waals surface area contributed by atoms with E-state index in [1.807, 2.05) is 6.07 Å². The maximum atomic E-state index is 13.5. The van der Waals surface area contributed by atoms with Crippen LogP contribution in [0.25, 0.3) is 22.7 Å². The number of aliphatic hydroxyl groups excluding tert-OH is 1. The van der Waals surface area contributed by atoms with Gasteiger partial charge in [0.15, 0.2) is 5.82 Å². The van der Waals surface area contributed by atoms with Gasteiger partial charge in [-0.05, 0) is 43.3 Å². The number of benzene rings is 1. The molecule has 0 aliphatic heterocycles. The molecule has 0 saturated heterocycles. The van der Waals surface area contributed by atoms with Crippen molar-refractivity contribution in [3.8, 4) is 28.6 Å². The van der Waals surface area contributed by atoms with Crippen LogP contribution in [0.2, 0.25) is 0 Å². The number of ether oxygens (including phenoxy) is 2. The van der Waals surface area contributed by atoms with Gasteiger partial charge in [0.1, 0.15) is 34.2 Å². The maximum Gasteiger partial charge on any atom is 0.243 e. The molecule has 0 aliphatic carbocycles. The molecule has 0 aliphatic rings. The largest absolute Gasteiger partial charge is 0.494 e. The Morgan fingerprint density at radius 2 is 1.76 bits per heavy atom. The molecule has 2 N–H and O–H groups in total. The minimum absolute atomic E-state index is 0.124. The Labute approximate surface area is 218 Å². The van der Waals surface area contributed by atoms with Gasteiger partial charge in [-0.25, -0.2) is 13.4 Å². The van der Waals surface area contributed by atoms with Crippen molar-refractivity contribution in [1.82, 2.24) is 29.1 Å². The van der Waals surface area contributed by atoms with Crippen LogP contribution in [-0.2, 0) is 10.0 Å². The van der Waals surface area contributed by atoms with Crippen LogP contribution in [0.1, 0.15) is 18.7 Å². The minimum Gasteiger partial charge on any atom is -0.494 e. The molecule has 2 atom stereocenters. The predicted molar refractivity (Wildman–Crippen MR) is 140 cm³/mol. The third kappa shape index (κ3) is 4.53. The van der Waals surface area contributed by atoms with E-state index in [2.05, 4.69) is 24.9 Å². The molecule has 0 unspecified atom stereocenters. The van der Waals surface area contributed by atoms with Crippen LogP contribution in [-0.4, -0.2) is 62.1 Å². The van der Waals surface area contributed by atoms with E-state index in [0.717, 1.165) is 0 Å². The Kier molecular flexibility index (Phi) is 6.70. The highest BCUT2D eigenvalue weighted by molar-refractivity contribution is 7.93. The first-order valence-corrected chi connectivity index (χ1v) is 13.1. The molecule has 5 rings (SSSR count). The Morgan fingerprint density at radius 3 is 2.42 bits per heavy atom. The molecule has 4 aromatic heterocycles. The smallest absolute Gasteiger partial charge is 0.243 e. The van der Waals surface area contributed by atoms with E-state index in [-0.39, 0.29) is 11.6 Å². The number of pyridine rings is 2. The van der Waals surface area contributed by atoms with Gasteiger partial charge in [0.2, 0.25) is 16.0 Å². The van der Waals surface area contributed by atoms with E-state index in [4.69, 9.17) is 9.47 Å². The summed E-state index contributed by atoms with van der Waals surface area (Å²) in [6, 6.07) is 14.0. The summed E-state index contributed by atoms with van der Waals surface area (Å²) in [4.78, 5) is 8.50. The Bertz CT molecular complexity index is 1630. The van der Waals surface area contributed by atoms with E-state index < -0.39 is 21.4 Å². The summed E-state index contributed by atoms with van der Waals surface area (Å²) >= 11 is 0. The summed E-state index contributed by atoms with van der Waals surface area (Å²) in [5.41, 5.74) is 1.77. The molecule has 0 saturated carbocycles. The summed E-state index contributed by atoms with van der Waals surface area (Å²) in [7, 11) is -1.23. The zero-order chi connectivity index (χ0) is 26.9. The fourth-order valence-electron chi connectivity index (χ4n) is 4.02. The molecule has 0 bridgehead atoms. The number of nitrogens with one attached hydrogen (secondary N) is 1. The fourth-order valence-corrected chi connectivity index (χ4v) is 5.07. The number of hydrogen-bond donors (Lipinski definition) is 2. The standard InChI is InChI=1S/C25H25N7O5S/c1-16(23(33)18-15-31-13-5-4-11-21(31)27-18)38(34,35)30-25-29-28-24(17-8-7-12-26-14-17)32(25)22-19(36-2)9-6-10-20(22)37-3/h4-16,23,33H,1-3H3,(H,29,30)/t16-,23-/m1/s1. The average Bonchev–Trinajstić information content (AvgIpc) is 3.56. The van der Waals surface area contributed by atoms with Crippen LogP contribution in [0, 0.1) is 0 Å². The lowest BCUT2D eigenvalue weighted by atomic mass is 10.2. The van der Waals surface area contributed by atoms with Crippen LogP contribution in [0.5, 0.6) is 11.5 Å². The van der Waals surface area contributed by atoms with Gasteiger partial charge in [0, 0.05) is 30.4 Å². The number of nitrogens with zero attached hydrogens (tertiary/aromatic N) is 6. The maximum absolute atomic E-state index is 13.5. The molecule has 0 fully saturated rings. The van der Waals surface area contributed by atoms with E-state index in [9.17, 15) is 13.5 Å². The number of methoxy groups -OCH3 is 2. The third-order valence-electron chi connectivity index (χ3n) is 6.06. The number of fused-ring (bicyclic) bond motifs is 1. The molecule has 0 spiro atoms. The Hall–Kier alpha value is -4.49. The first-order chi connectivity index (χ1) is 18.3. The second kappa shape index (κ2) is 10.1. The van der Waals surface area contributed by atoms with Gasteiger partial charge in [0.25, 0.3) is 0 Å². The molecule has 13 heteroatoms. The number of sulfonamides is 1. The zero-order valence-corrected chi connectivity index (χ0v) is 21.6. The van der Waals surface area contributed by atoms with Gasteiger partial charge in [-0.2, -0.15) is 0 Å². The van der Waals surface area contributed by atoms with Crippen LogP contribution >= 0.6 is 0 Å². The first kappa shape index (κ1) is 25.2. The second-order valence-corrected chi connectivity index (χ2v) is 10.4. The normalized spacial score (nSPS) is 13.3. The zero-order valence-electron chi connectivity index (χ0n) is 20.8. The number of imidazole rings is 1. The molecule has 196 valence electrons. The molecule has 4 heterocycles. The SMILES string of the molecule is COc1cccc(OC)c1-n1c(NS(=O)(=O)[C@H](C)[C@@H](O)c2cn3ccccc3n2)nnc1-c1cccnc1. The lowest BCUT2D eigenvalue weighted by molar-refractivity contribution is 0.172. The van der Waals surface area contributed by atoms with Gasteiger partial charge in [-0.1, -0.05) is 12.1 Å². The van der Waals surface area contributed by atoms with Crippen molar-refractivity contribution in [3.05, 3.63) is 79.0 Å². The van der Waals surface area contributed by atoms with E-state index in [0.29, 0.717) is 34.2 Å². The van der Waals surface area contributed by atoms with Crippen molar-refractivity contribution in [2.24, 2.45) is 0 Å². The van der Waals surface area contributed by atoms with E-state index in [1.165, 1.54) is 25.7 Å². The predicted octanol–water partition coefficient (Wildman–Crippen LogP) is 2.86. The molecule has 1 aromatic carbocycles. The highest BCUT2D eigenvalue weighted by Gasteiger charge is 2.33. The number of rotatable bonds is 9. The molecule has 0 radical (unpaired) electrons. The van der Waals surface area contributed by atoms with Crippen molar-refractivity contribution in [2.75, 3.05) is 18.9 Å². The lowest BCUT2D eigenvalue weighted by Gasteiger charge is -2.20. The van der Waals surface area contributed by atoms with Crippen molar-refractivity contribution in [2.45, 2.75) is 18.3 Å². The molecule has 5 aromatic rings. The third-order valence-corrected chi connectivity index (χ3v) is 7.77. The van der Waals surface area contributed by atoms with Gasteiger partial charge < -0.3 is 19.0 Å². The summed E-state index contributed by atoms with van der Waals surface area (Å²) in [6.07, 6.45) is 5.13. The first-order valence-electron chi connectivity index (χ1n) is 11.5. The van der Waals surface area contributed by atoms with Gasteiger partial charge >= 0.3 is 0 Å². The van der Waals surface area contributed by atoms with E-state index in [1.54, 1.807) is 71.7 Å². The average molecular weight is 536 g/mol. The van der Waals surface area contributed by atoms with Crippen molar-refractivity contribution in [3.63, 3.8) is 0 Å². The summed E-state index contributed by atoms with van der Waals surface area (Å²) in [6.45, 7) is 1.39. The minimum atomic E-state index is -4.21. The van der Waals surface area contributed by atoms with Gasteiger partial charge in [0.05, 0.1) is 19.9 Å². The molecule has 38 heavy (non-hydrogen) atoms. The number of aromatic nitrogens is 6. The molecule has 0 amide bonds.